The van der Waals surface area contributed by atoms with Gasteiger partial charge in [-0.2, -0.15) is 5.10 Å². The molecule has 1 aromatic heterocycles. The van der Waals surface area contributed by atoms with E-state index in [-0.39, 0.29) is 28.3 Å². The van der Waals surface area contributed by atoms with Crippen LogP contribution in [-0.2, 0) is 15.7 Å². The quantitative estimate of drug-likeness (QED) is 0.774. The highest BCUT2D eigenvalue weighted by Gasteiger charge is 2.18. The summed E-state index contributed by atoms with van der Waals surface area (Å²) >= 11 is 5.78. The topological polar surface area (TPSA) is 61.2 Å². The predicted molar refractivity (Wildman–Crippen MR) is 81.4 cm³/mol. The van der Waals surface area contributed by atoms with Crippen LogP contribution in [0.25, 0.3) is 0 Å². The highest BCUT2D eigenvalue weighted by molar-refractivity contribution is 8.13. The summed E-state index contributed by atoms with van der Waals surface area (Å²) in [6.45, 7) is 4.16. The Balaban J connectivity index is 2.20. The Morgan fingerprint density at radius 2 is 2.05 bits per heavy atom. The summed E-state index contributed by atoms with van der Waals surface area (Å²) in [6, 6.07) is 6.32. The second-order valence-electron chi connectivity index (χ2n) is 4.70. The van der Waals surface area contributed by atoms with E-state index in [1.54, 1.807) is 4.68 Å². The van der Waals surface area contributed by atoms with Crippen molar-refractivity contribution in [3.63, 3.8) is 0 Å². The van der Waals surface area contributed by atoms with Crippen molar-refractivity contribution in [1.29, 1.82) is 0 Å². The molecule has 2 aromatic rings. The first-order valence-electron chi connectivity index (χ1n) is 6.18. The van der Waals surface area contributed by atoms with E-state index in [1.807, 2.05) is 26.1 Å². The first kappa shape index (κ1) is 16.1. The van der Waals surface area contributed by atoms with Crippen LogP contribution in [0.2, 0.25) is 5.02 Å². The Bertz CT molecular complexity index is 742. The Hall–Kier alpha value is -1.24. The largest absolute Gasteiger partial charge is 0.486 e. The third-order valence-electron chi connectivity index (χ3n) is 2.74. The van der Waals surface area contributed by atoms with Crippen LogP contribution in [0.5, 0.6) is 5.75 Å². The maximum absolute atomic E-state index is 11.5. The molecule has 0 saturated carbocycles. The van der Waals surface area contributed by atoms with Gasteiger partial charge in [-0.05, 0) is 38.1 Å². The molecule has 21 heavy (non-hydrogen) atoms. The number of rotatable bonds is 5. The van der Waals surface area contributed by atoms with Crippen molar-refractivity contribution in [3.05, 3.63) is 41.2 Å². The highest BCUT2D eigenvalue weighted by atomic mass is 35.7. The van der Waals surface area contributed by atoms with Crippen molar-refractivity contribution >= 4 is 31.3 Å². The molecule has 0 radical (unpaired) electrons. The van der Waals surface area contributed by atoms with Gasteiger partial charge in [0.1, 0.15) is 17.3 Å². The zero-order valence-electron chi connectivity index (χ0n) is 11.5. The van der Waals surface area contributed by atoms with Gasteiger partial charge in [0.05, 0.1) is 5.69 Å². The number of hydrogen-bond acceptors (Lipinski definition) is 4. The lowest BCUT2D eigenvalue weighted by Crippen LogP contribution is -2.04. The first-order chi connectivity index (χ1) is 9.77. The zero-order chi connectivity index (χ0) is 15.6. The summed E-state index contributed by atoms with van der Waals surface area (Å²) in [4.78, 5) is -0.153. The average Bonchev–Trinajstić information content (AvgIpc) is 2.85. The standard InChI is InChI=1S/C13H14Cl2N2O3S/c1-9(2)17-6-5-11(16-17)8-20-12-4-3-10(14)7-13(12)21(15,18)19/h3-7,9H,8H2,1-2H3. The third-order valence-corrected chi connectivity index (χ3v) is 4.31. The summed E-state index contributed by atoms with van der Waals surface area (Å²) in [5.74, 6) is 0.147. The van der Waals surface area contributed by atoms with E-state index in [0.717, 1.165) is 0 Å². The molecule has 0 aliphatic rings. The number of halogens is 2. The fourth-order valence-corrected chi connectivity index (χ4v) is 2.92. The minimum Gasteiger partial charge on any atom is -0.486 e. The van der Waals surface area contributed by atoms with Gasteiger partial charge in [0.2, 0.25) is 0 Å². The Labute approximate surface area is 132 Å². The summed E-state index contributed by atoms with van der Waals surface area (Å²) in [5, 5.41) is 4.59. The molecule has 0 fully saturated rings. The third kappa shape index (κ3) is 4.12. The molecule has 0 amide bonds. The van der Waals surface area contributed by atoms with Crippen LogP contribution in [0, 0.1) is 0 Å². The normalized spacial score (nSPS) is 11.9. The second-order valence-corrected chi connectivity index (χ2v) is 7.67. The molecule has 0 aliphatic heterocycles. The van der Waals surface area contributed by atoms with Crippen molar-refractivity contribution in [2.75, 3.05) is 0 Å². The smallest absolute Gasteiger partial charge is 0.265 e. The Morgan fingerprint density at radius 3 is 2.62 bits per heavy atom. The van der Waals surface area contributed by atoms with Crippen molar-refractivity contribution in [2.24, 2.45) is 0 Å². The van der Waals surface area contributed by atoms with Gasteiger partial charge < -0.3 is 4.74 Å². The van der Waals surface area contributed by atoms with Crippen LogP contribution >= 0.6 is 22.3 Å². The molecule has 8 heteroatoms. The van der Waals surface area contributed by atoms with Crippen molar-refractivity contribution in [3.8, 4) is 5.75 Å². The number of ether oxygens (including phenoxy) is 1. The molecule has 0 N–H and O–H groups in total. The fourth-order valence-electron chi connectivity index (χ4n) is 1.69. The molecule has 2 rings (SSSR count). The molecule has 1 aromatic carbocycles. The molecule has 5 nitrogen and oxygen atoms in total. The van der Waals surface area contributed by atoms with E-state index in [9.17, 15) is 8.42 Å². The van der Waals surface area contributed by atoms with Crippen LogP contribution in [0.4, 0.5) is 0 Å². The van der Waals surface area contributed by atoms with Gasteiger partial charge >= 0.3 is 0 Å². The van der Waals surface area contributed by atoms with Gasteiger partial charge in [-0.1, -0.05) is 11.6 Å². The lowest BCUT2D eigenvalue weighted by atomic mass is 10.3. The van der Waals surface area contributed by atoms with Gasteiger partial charge in [0.25, 0.3) is 9.05 Å². The van der Waals surface area contributed by atoms with Crippen LogP contribution < -0.4 is 4.74 Å². The van der Waals surface area contributed by atoms with Crippen molar-refractivity contribution < 1.29 is 13.2 Å². The van der Waals surface area contributed by atoms with Crippen molar-refractivity contribution in [2.45, 2.75) is 31.4 Å². The van der Waals surface area contributed by atoms with Crippen LogP contribution in [0.3, 0.4) is 0 Å². The Morgan fingerprint density at radius 1 is 1.33 bits per heavy atom. The molecule has 114 valence electrons. The molecule has 0 spiro atoms. The molecule has 0 bridgehead atoms. The zero-order valence-corrected chi connectivity index (χ0v) is 13.8. The predicted octanol–water partition coefficient (Wildman–Crippen LogP) is 3.62. The Kier molecular flexibility index (Phi) is 4.81. The van der Waals surface area contributed by atoms with Gasteiger partial charge in [0.15, 0.2) is 0 Å². The highest BCUT2D eigenvalue weighted by Crippen LogP contribution is 2.30. The number of nitrogens with zero attached hydrogens (tertiary/aromatic N) is 2. The first-order valence-corrected chi connectivity index (χ1v) is 8.87. The van der Waals surface area contributed by atoms with Gasteiger partial charge in [-0.3, -0.25) is 4.68 Å². The minimum atomic E-state index is -3.93. The lowest BCUT2D eigenvalue weighted by molar-refractivity contribution is 0.291. The summed E-state index contributed by atoms with van der Waals surface area (Å²) in [7, 11) is 1.45. The van der Waals surface area contributed by atoms with E-state index in [1.165, 1.54) is 18.2 Å². The van der Waals surface area contributed by atoms with Gasteiger partial charge in [-0.15, -0.1) is 0 Å². The van der Waals surface area contributed by atoms with E-state index in [4.69, 9.17) is 27.0 Å². The molecular formula is C13H14Cl2N2O3S. The fraction of sp³-hybridized carbons (Fsp3) is 0.308. The summed E-state index contributed by atoms with van der Waals surface area (Å²) in [5.41, 5.74) is 0.691. The number of benzene rings is 1. The van der Waals surface area contributed by atoms with Crippen molar-refractivity contribution in [1.82, 2.24) is 9.78 Å². The minimum absolute atomic E-state index is 0.140. The molecule has 0 saturated heterocycles. The number of aromatic nitrogens is 2. The van der Waals surface area contributed by atoms with E-state index >= 15 is 0 Å². The van der Waals surface area contributed by atoms with E-state index < -0.39 is 9.05 Å². The van der Waals surface area contributed by atoms with Gasteiger partial charge in [-0.25, -0.2) is 8.42 Å². The monoisotopic (exact) mass is 348 g/mol. The lowest BCUT2D eigenvalue weighted by Gasteiger charge is -2.09. The van der Waals surface area contributed by atoms with Crippen LogP contribution in [-0.4, -0.2) is 18.2 Å². The molecule has 0 atom stereocenters. The summed E-state index contributed by atoms with van der Waals surface area (Å²) in [6.07, 6.45) is 1.84. The average molecular weight is 349 g/mol. The SMILES string of the molecule is CC(C)n1ccc(COc2ccc(Cl)cc2S(=O)(=O)Cl)n1. The van der Waals surface area contributed by atoms with E-state index in [0.29, 0.717) is 5.69 Å². The molecule has 0 aliphatic carbocycles. The maximum Gasteiger partial charge on any atom is 0.265 e. The molecule has 1 heterocycles. The summed E-state index contributed by atoms with van der Waals surface area (Å²) < 4.78 is 30.3. The number of hydrogen-bond donors (Lipinski definition) is 0. The maximum atomic E-state index is 11.5. The molecule has 0 unspecified atom stereocenters. The van der Waals surface area contributed by atoms with Crippen LogP contribution in [0.1, 0.15) is 25.6 Å². The van der Waals surface area contributed by atoms with Crippen LogP contribution in [0.15, 0.2) is 35.4 Å². The van der Waals surface area contributed by atoms with Gasteiger partial charge in [0, 0.05) is 27.9 Å². The van der Waals surface area contributed by atoms with E-state index in [2.05, 4.69) is 5.10 Å². The molecular weight excluding hydrogens is 335 g/mol. The second kappa shape index (κ2) is 6.25.